The second kappa shape index (κ2) is 15.0. The van der Waals surface area contributed by atoms with Gasteiger partial charge in [-0.25, -0.2) is 16.8 Å². The van der Waals surface area contributed by atoms with Gasteiger partial charge in [0.1, 0.15) is 26.0 Å². The van der Waals surface area contributed by atoms with Crippen molar-refractivity contribution in [2.24, 2.45) is 0 Å². The van der Waals surface area contributed by atoms with E-state index in [1.54, 1.807) is 36.4 Å². The summed E-state index contributed by atoms with van der Waals surface area (Å²) >= 11 is 0. The van der Waals surface area contributed by atoms with Crippen molar-refractivity contribution in [3.8, 4) is 16.9 Å². The molecule has 2 N–H and O–H groups in total. The zero-order valence-corrected chi connectivity index (χ0v) is 29.0. The second-order valence-electron chi connectivity index (χ2n) is 8.93. The van der Waals surface area contributed by atoms with Gasteiger partial charge < -0.3 is 24.5 Å². The van der Waals surface area contributed by atoms with Crippen LogP contribution in [0.25, 0.3) is 11.1 Å². The number of carbonyl (C=O) groups excluding carboxylic acids is 1. The molecule has 0 radical (unpaired) electrons. The molecule has 0 aliphatic carbocycles. The molecule has 14 heteroatoms. The quantitative estimate of drug-likeness (QED) is 0.128. The number of rotatable bonds is 9. The van der Waals surface area contributed by atoms with E-state index < -0.39 is 35.9 Å². The minimum absolute atomic E-state index is 0. The minimum Gasteiger partial charge on any atom is -0.744 e. The summed E-state index contributed by atoms with van der Waals surface area (Å²) < 4.78 is 78.6. The topological polar surface area (TPSA) is 165 Å². The monoisotopic (exact) mass is 626 g/mol. The van der Waals surface area contributed by atoms with E-state index in [-0.39, 0.29) is 88.3 Å². The van der Waals surface area contributed by atoms with Crippen molar-refractivity contribution >= 4 is 37.5 Å². The zero-order chi connectivity index (χ0) is 29.1. The Morgan fingerprint density at radius 1 is 0.690 bits per heavy atom. The Kier molecular flexibility index (Phi) is 12.8. The average Bonchev–Trinajstić information content (AvgIpc) is 2.89. The molecule has 0 atom stereocenters. The van der Waals surface area contributed by atoms with Crippen LogP contribution in [0, 0.1) is 13.8 Å². The molecule has 0 fully saturated rings. The molecule has 0 unspecified atom stereocenters. The number of amides is 1. The van der Waals surface area contributed by atoms with Crippen molar-refractivity contribution < 1.29 is 94.6 Å². The standard InChI is InChI=1S/C28H26N2O8S2.2Na/c1-18-3-7-20(8-4-18)28(31)30-22-10-14-25(27(16-22)40(35,36)37)24-13-9-21(15-26(24)39(32,33)34)29-17-38-23-11-5-19(2)6-12-23;;/h3-16,29H,17H2,1-2H3,(H,30,31)(H,32,33,34)(H,35,36,37);;/q;2*+1/p-2. The maximum atomic E-state index is 12.6. The SMILES string of the molecule is Cc1ccc(OCNc2ccc(-c3ccc(NC(=O)c4ccc(C)cc4)cc3S(=O)(=O)[O-])c(S(=O)(=O)[O-])c2)cc1.[Na+].[Na+]. The number of hydrogen-bond acceptors (Lipinski definition) is 9. The Morgan fingerprint density at radius 3 is 1.64 bits per heavy atom. The van der Waals surface area contributed by atoms with Crippen molar-refractivity contribution in [1.82, 2.24) is 0 Å². The fraction of sp³-hybridized carbons (Fsp3) is 0.107. The first-order valence-corrected chi connectivity index (χ1v) is 14.6. The van der Waals surface area contributed by atoms with Crippen LogP contribution in [0.3, 0.4) is 0 Å². The Bertz CT molecular complexity index is 1780. The summed E-state index contributed by atoms with van der Waals surface area (Å²) in [5, 5.41) is 5.36. The molecular formula is C28H24N2Na2O8S2. The summed E-state index contributed by atoms with van der Waals surface area (Å²) in [6.07, 6.45) is 0. The third-order valence-corrected chi connectivity index (χ3v) is 7.65. The Balaban J connectivity index is 0.00000308. The van der Waals surface area contributed by atoms with Crippen molar-refractivity contribution in [2.75, 3.05) is 17.4 Å². The third-order valence-electron chi connectivity index (χ3n) is 5.90. The maximum Gasteiger partial charge on any atom is 1.00 e. The molecule has 0 bridgehead atoms. The first kappa shape index (κ1) is 36.0. The molecule has 1 amide bonds. The first-order valence-electron chi connectivity index (χ1n) is 11.8. The smallest absolute Gasteiger partial charge is 0.744 e. The Morgan fingerprint density at radius 2 is 1.14 bits per heavy atom. The van der Waals surface area contributed by atoms with Crippen molar-refractivity contribution in [3.05, 3.63) is 102 Å². The van der Waals surface area contributed by atoms with Crippen LogP contribution in [0.5, 0.6) is 5.75 Å². The van der Waals surface area contributed by atoms with E-state index in [4.69, 9.17) is 4.74 Å². The van der Waals surface area contributed by atoms with Crippen molar-refractivity contribution in [2.45, 2.75) is 23.6 Å². The first-order chi connectivity index (χ1) is 18.8. The molecule has 0 aromatic heterocycles. The number of nitrogens with one attached hydrogen (secondary N) is 2. The number of anilines is 2. The van der Waals surface area contributed by atoms with E-state index >= 15 is 0 Å². The van der Waals surface area contributed by atoms with Crippen LogP contribution in [0.1, 0.15) is 21.5 Å². The van der Waals surface area contributed by atoms with E-state index in [0.717, 1.165) is 29.3 Å². The predicted octanol–water partition coefficient (Wildman–Crippen LogP) is -1.51. The van der Waals surface area contributed by atoms with E-state index in [1.165, 1.54) is 18.2 Å². The van der Waals surface area contributed by atoms with E-state index in [9.17, 15) is 30.7 Å². The van der Waals surface area contributed by atoms with Crippen LogP contribution in [-0.2, 0) is 20.2 Å². The summed E-state index contributed by atoms with van der Waals surface area (Å²) in [7, 11) is -10.3. The van der Waals surface area contributed by atoms with Crippen molar-refractivity contribution in [1.29, 1.82) is 0 Å². The van der Waals surface area contributed by atoms with Gasteiger partial charge >= 0.3 is 59.1 Å². The average molecular weight is 627 g/mol. The summed E-state index contributed by atoms with van der Waals surface area (Å²) in [4.78, 5) is 11.0. The number of hydrogen-bond donors (Lipinski definition) is 2. The van der Waals surface area contributed by atoms with Gasteiger partial charge in [-0.05, 0) is 62.4 Å². The molecule has 0 saturated heterocycles. The van der Waals surface area contributed by atoms with Gasteiger partial charge in [0.2, 0.25) is 0 Å². The molecular weight excluding hydrogens is 602 g/mol. The fourth-order valence-corrected chi connectivity index (χ4v) is 5.27. The summed E-state index contributed by atoms with van der Waals surface area (Å²) in [6.45, 7) is 3.72. The normalized spacial score (nSPS) is 11.0. The summed E-state index contributed by atoms with van der Waals surface area (Å²) in [5.41, 5.74) is 1.88. The number of ether oxygens (including phenoxy) is 1. The van der Waals surface area contributed by atoms with E-state index in [1.807, 2.05) is 26.0 Å². The molecule has 0 heterocycles. The van der Waals surface area contributed by atoms with Crippen LogP contribution >= 0.6 is 0 Å². The van der Waals surface area contributed by atoms with Gasteiger partial charge in [-0.2, -0.15) is 0 Å². The summed E-state index contributed by atoms with van der Waals surface area (Å²) in [6, 6.07) is 20.9. The largest absolute Gasteiger partial charge is 1.00 e. The van der Waals surface area contributed by atoms with Gasteiger partial charge in [-0.15, -0.1) is 0 Å². The number of aryl methyl sites for hydroxylation is 2. The molecule has 10 nitrogen and oxygen atoms in total. The molecule has 208 valence electrons. The van der Waals surface area contributed by atoms with Crippen LogP contribution in [-0.4, -0.2) is 38.6 Å². The van der Waals surface area contributed by atoms with E-state index in [2.05, 4.69) is 10.6 Å². The molecule has 0 spiro atoms. The second-order valence-corrected chi connectivity index (χ2v) is 11.6. The van der Waals surface area contributed by atoms with Gasteiger partial charge in [0.15, 0.2) is 6.73 Å². The van der Waals surface area contributed by atoms with Crippen LogP contribution < -0.4 is 74.5 Å². The molecule has 0 saturated carbocycles. The molecule has 4 aromatic rings. The van der Waals surface area contributed by atoms with Gasteiger partial charge in [0.25, 0.3) is 5.91 Å². The Labute approximate surface area is 289 Å². The third kappa shape index (κ3) is 9.38. The zero-order valence-electron chi connectivity index (χ0n) is 23.4. The maximum absolute atomic E-state index is 12.6. The van der Waals surface area contributed by atoms with Crippen LogP contribution in [0.2, 0.25) is 0 Å². The van der Waals surface area contributed by atoms with Gasteiger partial charge in [0.05, 0.1) is 9.79 Å². The Hall–Kier alpha value is -2.23. The van der Waals surface area contributed by atoms with Gasteiger partial charge in [-0.1, -0.05) is 47.5 Å². The molecule has 42 heavy (non-hydrogen) atoms. The molecule has 0 aliphatic heterocycles. The number of carbonyl (C=O) groups is 1. The molecule has 4 aromatic carbocycles. The molecule has 0 aliphatic rings. The van der Waals surface area contributed by atoms with Gasteiger partial charge in [-0.3, -0.25) is 4.79 Å². The van der Waals surface area contributed by atoms with Gasteiger partial charge in [0, 0.05) is 28.1 Å². The predicted molar refractivity (Wildman–Crippen MR) is 147 cm³/mol. The minimum atomic E-state index is -5.16. The molecule has 4 rings (SSSR count). The van der Waals surface area contributed by atoms with Crippen molar-refractivity contribution in [3.63, 3.8) is 0 Å². The number of benzene rings is 4. The van der Waals surface area contributed by atoms with Crippen LogP contribution in [0.4, 0.5) is 11.4 Å². The fourth-order valence-electron chi connectivity index (χ4n) is 3.84. The van der Waals surface area contributed by atoms with E-state index in [0.29, 0.717) is 11.3 Å². The summed E-state index contributed by atoms with van der Waals surface area (Å²) in [5.74, 6) is 0.0133. The van der Waals surface area contributed by atoms with Crippen LogP contribution in [0.15, 0.2) is 94.7 Å².